The van der Waals surface area contributed by atoms with E-state index in [2.05, 4.69) is 19.1 Å². The Morgan fingerprint density at radius 3 is 0.794 bits per heavy atom. The van der Waals surface area contributed by atoms with Crippen molar-refractivity contribution in [2.45, 2.75) is 354 Å². The van der Waals surface area contributed by atoms with Gasteiger partial charge in [0.1, 0.15) is 0 Å². The second-order valence-corrected chi connectivity index (χ2v) is 20.4. The topological polar surface area (TPSA) is 46.5 Å². The van der Waals surface area contributed by atoms with Crippen LogP contribution in [0.4, 0.5) is 0 Å². The van der Waals surface area contributed by atoms with Gasteiger partial charge in [0.25, 0.3) is 0 Å². The summed E-state index contributed by atoms with van der Waals surface area (Å²) in [6.45, 7) is 3.28. The van der Waals surface area contributed by atoms with Crippen molar-refractivity contribution in [1.82, 2.24) is 0 Å². The number of rotatable bonds is 57. The van der Waals surface area contributed by atoms with Crippen molar-refractivity contribution in [2.75, 3.05) is 13.2 Å². The molecule has 0 spiro atoms. The number of aliphatic hydroxyl groups is 1. The quantitative estimate of drug-likeness (QED) is 0.0376. The van der Waals surface area contributed by atoms with E-state index < -0.39 is 0 Å². The van der Waals surface area contributed by atoms with Gasteiger partial charge in [-0.25, -0.2) is 0 Å². The van der Waals surface area contributed by atoms with E-state index in [0.29, 0.717) is 19.6 Å². The molecular weight excluding hydrogens is 769 g/mol. The summed E-state index contributed by atoms with van der Waals surface area (Å²) in [5.41, 5.74) is 0. The van der Waals surface area contributed by atoms with Crippen LogP contribution in [-0.2, 0) is 9.53 Å². The van der Waals surface area contributed by atoms with Gasteiger partial charge in [0.15, 0.2) is 0 Å². The summed E-state index contributed by atoms with van der Waals surface area (Å²) in [4.78, 5) is 12.1. The lowest BCUT2D eigenvalue weighted by atomic mass is 10.0. The molecule has 0 rings (SSSR count). The van der Waals surface area contributed by atoms with Gasteiger partial charge in [-0.2, -0.15) is 0 Å². The number of carbonyl (C=O) groups excluding carboxylic acids is 1. The van der Waals surface area contributed by atoms with E-state index in [0.717, 1.165) is 19.3 Å². The summed E-state index contributed by atoms with van der Waals surface area (Å²) in [5, 5.41) is 8.83. The van der Waals surface area contributed by atoms with E-state index in [1.165, 1.54) is 321 Å². The Balaban J connectivity index is 3.14. The lowest BCUT2D eigenvalue weighted by Gasteiger charge is -2.06. The predicted molar refractivity (Wildman–Crippen MR) is 282 cm³/mol. The molecule has 0 bridgehead atoms. The molecule has 0 heterocycles. The maximum absolute atomic E-state index is 12.1. The molecule has 0 saturated heterocycles. The first-order valence-corrected chi connectivity index (χ1v) is 29.7. The van der Waals surface area contributed by atoms with Crippen molar-refractivity contribution in [3.05, 3.63) is 12.2 Å². The summed E-state index contributed by atoms with van der Waals surface area (Å²) in [5.74, 6) is 0.0251. The second-order valence-electron chi connectivity index (χ2n) is 20.4. The van der Waals surface area contributed by atoms with Crippen LogP contribution in [-0.4, -0.2) is 24.3 Å². The van der Waals surface area contributed by atoms with Crippen LogP contribution >= 0.6 is 0 Å². The standard InChI is InChI=1S/C60H118O3/c1-2-3-4-5-6-7-8-9-10-33-36-39-42-45-48-51-54-57-60(62)63-59-56-53-50-47-44-41-38-35-32-30-28-26-24-22-20-18-16-14-12-11-13-15-17-19-21-23-25-27-29-31-34-37-40-43-46-49-52-55-58-61/h9-10,61H,2-8,11-59H2,1H3. The Labute approximate surface area is 398 Å². The first-order chi connectivity index (χ1) is 31.3. The highest BCUT2D eigenvalue weighted by atomic mass is 16.5. The second kappa shape index (κ2) is 59.2. The molecule has 0 aliphatic carbocycles. The van der Waals surface area contributed by atoms with Gasteiger partial charge in [0, 0.05) is 13.0 Å². The molecule has 376 valence electrons. The van der Waals surface area contributed by atoms with Crippen molar-refractivity contribution in [3.8, 4) is 0 Å². The molecule has 0 aliphatic heterocycles. The third kappa shape index (κ3) is 59.2. The van der Waals surface area contributed by atoms with Crippen molar-refractivity contribution in [3.63, 3.8) is 0 Å². The van der Waals surface area contributed by atoms with Crippen molar-refractivity contribution < 1.29 is 14.6 Å². The van der Waals surface area contributed by atoms with Gasteiger partial charge in [-0.1, -0.05) is 314 Å². The zero-order chi connectivity index (χ0) is 45.3. The van der Waals surface area contributed by atoms with Crippen LogP contribution in [0.25, 0.3) is 0 Å². The van der Waals surface area contributed by atoms with E-state index >= 15 is 0 Å². The number of unbranched alkanes of at least 4 members (excludes halogenated alkanes) is 50. The Morgan fingerprint density at radius 1 is 0.302 bits per heavy atom. The van der Waals surface area contributed by atoms with E-state index in [1.807, 2.05) is 0 Å². The summed E-state index contributed by atoms with van der Waals surface area (Å²) in [7, 11) is 0. The van der Waals surface area contributed by atoms with E-state index in [9.17, 15) is 4.79 Å². The van der Waals surface area contributed by atoms with E-state index in [-0.39, 0.29) is 5.97 Å². The van der Waals surface area contributed by atoms with Crippen LogP contribution in [0.5, 0.6) is 0 Å². The van der Waals surface area contributed by atoms with Gasteiger partial charge < -0.3 is 9.84 Å². The Kier molecular flexibility index (Phi) is 58.4. The molecule has 0 amide bonds. The van der Waals surface area contributed by atoms with E-state index in [1.54, 1.807) is 0 Å². The number of hydrogen-bond acceptors (Lipinski definition) is 3. The SMILES string of the molecule is CCCCCCCCC=CCCCCCCCCCC(=O)OCCCCCCCCCCCCCCCCCCCCCCCCCCCCCCCCCCCCCCCCO. The lowest BCUT2D eigenvalue weighted by molar-refractivity contribution is -0.143. The minimum absolute atomic E-state index is 0.0251. The highest BCUT2D eigenvalue weighted by Gasteiger charge is 2.03. The molecule has 0 aromatic heterocycles. The van der Waals surface area contributed by atoms with Crippen LogP contribution in [0, 0.1) is 0 Å². The molecule has 0 fully saturated rings. The lowest BCUT2D eigenvalue weighted by Crippen LogP contribution is -2.05. The van der Waals surface area contributed by atoms with Gasteiger partial charge >= 0.3 is 5.97 Å². The highest BCUT2D eigenvalue weighted by Crippen LogP contribution is 2.18. The van der Waals surface area contributed by atoms with Crippen molar-refractivity contribution in [2.24, 2.45) is 0 Å². The summed E-state index contributed by atoms with van der Waals surface area (Å²) >= 11 is 0. The average molecular weight is 888 g/mol. The average Bonchev–Trinajstić information content (AvgIpc) is 3.29. The number of carbonyl (C=O) groups is 1. The first-order valence-electron chi connectivity index (χ1n) is 29.7. The molecule has 0 unspecified atom stereocenters. The van der Waals surface area contributed by atoms with Crippen LogP contribution < -0.4 is 0 Å². The molecule has 0 aromatic carbocycles. The predicted octanol–water partition coefficient (Wildman–Crippen LogP) is 21.2. The maximum Gasteiger partial charge on any atom is 0.305 e. The number of allylic oxidation sites excluding steroid dienone is 2. The van der Waals surface area contributed by atoms with Crippen LogP contribution in [0.1, 0.15) is 354 Å². The first kappa shape index (κ1) is 62.2. The molecule has 0 atom stereocenters. The maximum atomic E-state index is 12.1. The molecule has 0 aliphatic rings. The van der Waals surface area contributed by atoms with Crippen molar-refractivity contribution in [1.29, 1.82) is 0 Å². The summed E-state index contributed by atoms with van der Waals surface area (Å²) < 4.78 is 5.50. The third-order valence-corrected chi connectivity index (χ3v) is 14.0. The smallest absolute Gasteiger partial charge is 0.305 e. The number of hydrogen-bond donors (Lipinski definition) is 1. The van der Waals surface area contributed by atoms with Gasteiger partial charge in [-0.3, -0.25) is 4.79 Å². The largest absolute Gasteiger partial charge is 0.466 e. The zero-order valence-electron chi connectivity index (χ0n) is 43.5. The van der Waals surface area contributed by atoms with Gasteiger partial charge in [-0.15, -0.1) is 0 Å². The van der Waals surface area contributed by atoms with Gasteiger partial charge in [0.2, 0.25) is 0 Å². The molecule has 1 N–H and O–H groups in total. The molecule has 0 aromatic rings. The summed E-state index contributed by atoms with van der Waals surface area (Å²) in [6, 6.07) is 0. The molecule has 63 heavy (non-hydrogen) atoms. The Bertz CT molecular complexity index is 837. The fourth-order valence-corrected chi connectivity index (χ4v) is 9.53. The third-order valence-electron chi connectivity index (χ3n) is 14.0. The van der Waals surface area contributed by atoms with Crippen LogP contribution in [0.15, 0.2) is 12.2 Å². The molecule has 3 nitrogen and oxygen atoms in total. The summed E-state index contributed by atoms with van der Waals surface area (Å²) in [6.07, 6.45) is 78.5. The van der Waals surface area contributed by atoms with E-state index in [4.69, 9.17) is 9.84 Å². The molecule has 0 radical (unpaired) electrons. The van der Waals surface area contributed by atoms with Gasteiger partial charge in [0.05, 0.1) is 6.61 Å². The van der Waals surface area contributed by atoms with Crippen molar-refractivity contribution >= 4 is 5.97 Å². The monoisotopic (exact) mass is 887 g/mol. The molecule has 0 saturated carbocycles. The highest BCUT2D eigenvalue weighted by molar-refractivity contribution is 5.69. The van der Waals surface area contributed by atoms with Crippen LogP contribution in [0.2, 0.25) is 0 Å². The molecular formula is C60H118O3. The molecule has 3 heteroatoms. The van der Waals surface area contributed by atoms with Gasteiger partial charge in [-0.05, 0) is 44.9 Å². The minimum atomic E-state index is 0.0251. The number of esters is 1. The normalized spacial score (nSPS) is 11.7. The fraction of sp³-hybridized carbons (Fsp3) is 0.950. The Hall–Kier alpha value is -0.830. The number of aliphatic hydroxyl groups excluding tert-OH is 1. The minimum Gasteiger partial charge on any atom is -0.466 e. The zero-order valence-corrected chi connectivity index (χ0v) is 43.5. The van der Waals surface area contributed by atoms with Crippen LogP contribution in [0.3, 0.4) is 0 Å². The Morgan fingerprint density at radius 2 is 0.524 bits per heavy atom. The number of ether oxygens (including phenoxy) is 1. The fourth-order valence-electron chi connectivity index (χ4n) is 9.53.